The second-order valence-corrected chi connectivity index (χ2v) is 7.04. The first kappa shape index (κ1) is 19.1. The standard InChI is InChI=1S/C21H27N3O3/c1-15-13-23-20(14-22-15)21(25)24-8-6-16(7-9-24)4-5-17-10-18(26-2)12-19(11-17)27-3/h10-14,16H,4-9H2,1-3H3. The van der Waals surface area contributed by atoms with E-state index in [1.807, 2.05) is 17.9 Å². The maximum atomic E-state index is 12.5. The van der Waals surface area contributed by atoms with Crippen LogP contribution in [0.5, 0.6) is 11.5 Å². The number of carbonyl (C=O) groups excluding carboxylic acids is 1. The fourth-order valence-corrected chi connectivity index (χ4v) is 3.47. The lowest BCUT2D eigenvalue weighted by atomic mass is 9.90. The molecule has 0 atom stereocenters. The van der Waals surface area contributed by atoms with Crippen LogP contribution in [0.15, 0.2) is 30.6 Å². The highest BCUT2D eigenvalue weighted by atomic mass is 16.5. The molecule has 0 spiro atoms. The van der Waals surface area contributed by atoms with Crippen LogP contribution in [0, 0.1) is 12.8 Å². The van der Waals surface area contributed by atoms with Crippen LogP contribution in [0.25, 0.3) is 0 Å². The Balaban J connectivity index is 1.51. The zero-order chi connectivity index (χ0) is 19.2. The third-order valence-electron chi connectivity index (χ3n) is 5.15. The molecule has 3 rings (SSSR count). The summed E-state index contributed by atoms with van der Waals surface area (Å²) >= 11 is 0. The second kappa shape index (κ2) is 8.84. The molecule has 0 unspecified atom stereocenters. The zero-order valence-corrected chi connectivity index (χ0v) is 16.3. The van der Waals surface area contributed by atoms with Crippen molar-refractivity contribution in [2.75, 3.05) is 27.3 Å². The molecule has 1 aromatic carbocycles. The summed E-state index contributed by atoms with van der Waals surface area (Å²) in [4.78, 5) is 22.8. The fraction of sp³-hybridized carbons (Fsp3) is 0.476. The molecule has 2 heterocycles. The summed E-state index contributed by atoms with van der Waals surface area (Å²) in [7, 11) is 3.34. The van der Waals surface area contributed by atoms with Crippen LogP contribution in [-0.4, -0.2) is 48.1 Å². The molecule has 1 fully saturated rings. The summed E-state index contributed by atoms with van der Waals surface area (Å²) in [5, 5.41) is 0. The number of aryl methyl sites for hydroxylation is 2. The number of rotatable bonds is 6. The first-order chi connectivity index (χ1) is 13.1. The Bertz CT molecular complexity index is 746. The van der Waals surface area contributed by atoms with Crippen molar-refractivity contribution in [1.82, 2.24) is 14.9 Å². The number of aromatic nitrogens is 2. The number of carbonyl (C=O) groups is 1. The van der Waals surface area contributed by atoms with Crippen molar-refractivity contribution in [2.45, 2.75) is 32.6 Å². The average molecular weight is 369 g/mol. The maximum Gasteiger partial charge on any atom is 0.274 e. The van der Waals surface area contributed by atoms with Crippen LogP contribution in [-0.2, 0) is 6.42 Å². The summed E-state index contributed by atoms with van der Waals surface area (Å²) < 4.78 is 10.7. The van der Waals surface area contributed by atoms with E-state index >= 15 is 0 Å². The highest BCUT2D eigenvalue weighted by molar-refractivity contribution is 5.92. The van der Waals surface area contributed by atoms with E-state index in [9.17, 15) is 4.79 Å². The predicted octanol–water partition coefficient (Wildman–Crippen LogP) is 3.29. The van der Waals surface area contributed by atoms with E-state index < -0.39 is 0 Å². The maximum absolute atomic E-state index is 12.5. The molecule has 1 amide bonds. The van der Waals surface area contributed by atoms with Crippen molar-refractivity contribution >= 4 is 5.91 Å². The smallest absolute Gasteiger partial charge is 0.274 e. The van der Waals surface area contributed by atoms with Crippen LogP contribution < -0.4 is 9.47 Å². The van der Waals surface area contributed by atoms with Crippen LogP contribution in [0.4, 0.5) is 0 Å². The lowest BCUT2D eigenvalue weighted by molar-refractivity contribution is 0.0680. The number of hydrogen-bond donors (Lipinski definition) is 0. The molecule has 0 aliphatic carbocycles. The molecule has 2 aromatic rings. The highest BCUT2D eigenvalue weighted by Crippen LogP contribution is 2.27. The van der Waals surface area contributed by atoms with E-state index in [-0.39, 0.29) is 5.91 Å². The highest BCUT2D eigenvalue weighted by Gasteiger charge is 2.24. The van der Waals surface area contributed by atoms with Crippen LogP contribution in [0.1, 0.15) is 41.0 Å². The Kier molecular flexibility index (Phi) is 6.27. The molecule has 144 valence electrons. The quantitative estimate of drug-likeness (QED) is 0.782. The zero-order valence-electron chi connectivity index (χ0n) is 16.3. The Morgan fingerprint density at radius 1 is 1.07 bits per heavy atom. The Labute approximate surface area is 160 Å². The fourth-order valence-electron chi connectivity index (χ4n) is 3.47. The summed E-state index contributed by atoms with van der Waals surface area (Å²) in [5.74, 6) is 2.25. The molecule has 1 aliphatic heterocycles. The van der Waals surface area contributed by atoms with Gasteiger partial charge in [0.15, 0.2) is 0 Å². The molecule has 1 aromatic heterocycles. The van der Waals surface area contributed by atoms with Gasteiger partial charge in [-0.05, 0) is 56.2 Å². The molecule has 6 heteroatoms. The van der Waals surface area contributed by atoms with Gasteiger partial charge in [-0.3, -0.25) is 9.78 Å². The van der Waals surface area contributed by atoms with Crippen molar-refractivity contribution in [3.8, 4) is 11.5 Å². The molecule has 6 nitrogen and oxygen atoms in total. The van der Waals surface area contributed by atoms with E-state index in [1.54, 1.807) is 26.6 Å². The van der Waals surface area contributed by atoms with Crippen LogP contribution in [0.3, 0.4) is 0 Å². The van der Waals surface area contributed by atoms with Gasteiger partial charge in [0.25, 0.3) is 5.91 Å². The molecule has 1 saturated heterocycles. The monoisotopic (exact) mass is 369 g/mol. The summed E-state index contributed by atoms with van der Waals surface area (Å²) in [5.41, 5.74) is 2.47. The first-order valence-electron chi connectivity index (χ1n) is 9.39. The largest absolute Gasteiger partial charge is 0.497 e. The van der Waals surface area contributed by atoms with Gasteiger partial charge in [0.1, 0.15) is 17.2 Å². The van der Waals surface area contributed by atoms with Crippen molar-refractivity contribution in [3.05, 3.63) is 47.5 Å². The number of likely N-dealkylation sites (tertiary alicyclic amines) is 1. The van der Waals surface area contributed by atoms with E-state index in [1.165, 1.54) is 5.56 Å². The minimum atomic E-state index is -0.0153. The number of benzene rings is 1. The molecule has 0 saturated carbocycles. The van der Waals surface area contributed by atoms with Gasteiger partial charge in [-0.15, -0.1) is 0 Å². The van der Waals surface area contributed by atoms with Gasteiger partial charge in [0.05, 0.1) is 26.1 Å². The minimum absolute atomic E-state index is 0.0153. The molecule has 1 aliphatic rings. The van der Waals surface area contributed by atoms with E-state index in [0.717, 1.165) is 56.0 Å². The van der Waals surface area contributed by atoms with Crippen LogP contribution >= 0.6 is 0 Å². The van der Waals surface area contributed by atoms with Gasteiger partial charge in [-0.25, -0.2) is 4.98 Å². The molecule has 0 N–H and O–H groups in total. The number of ether oxygens (including phenoxy) is 2. The van der Waals surface area contributed by atoms with Gasteiger partial charge in [-0.1, -0.05) is 0 Å². The topological polar surface area (TPSA) is 64.5 Å². The van der Waals surface area contributed by atoms with Gasteiger partial charge in [-0.2, -0.15) is 0 Å². The number of nitrogens with zero attached hydrogens (tertiary/aromatic N) is 3. The number of piperidine rings is 1. The third-order valence-corrected chi connectivity index (χ3v) is 5.15. The Morgan fingerprint density at radius 2 is 1.74 bits per heavy atom. The van der Waals surface area contributed by atoms with Gasteiger partial charge < -0.3 is 14.4 Å². The van der Waals surface area contributed by atoms with Crippen molar-refractivity contribution in [3.63, 3.8) is 0 Å². The van der Waals surface area contributed by atoms with E-state index in [4.69, 9.17) is 9.47 Å². The molecular weight excluding hydrogens is 342 g/mol. The SMILES string of the molecule is COc1cc(CCC2CCN(C(=O)c3cnc(C)cn3)CC2)cc(OC)c1. The number of amides is 1. The molecule has 0 bridgehead atoms. The summed E-state index contributed by atoms with van der Waals surface area (Å²) in [6, 6.07) is 6.02. The lowest BCUT2D eigenvalue weighted by Crippen LogP contribution is -2.39. The normalized spacial score (nSPS) is 14.9. The number of methoxy groups -OCH3 is 2. The lowest BCUT2D eigenvalue weighted by Gasteiger charge is -2.31. The summed E-state index contributed by atoms with van der Waals surface area (Å²) in [6.07, 6.45) is 7.33. The number of hydrogen-bond acceptors (Lipinski definition) is 5. The average Bonchev–Trinajstić information content (AvgIpc) is 2.72. The van der Waals surface area contributed by atoms with Gasteiger partial charge >= 0.3 is 0 Å². The van der Waals surface area contributed by atoms with Gasteiger partial charge in [0, 0.05) is 25.4 Å². The minimum Gasteiger partial charge on any atom is -0.497 e. The molecular formula is C21H27N3O3. The third kappa shape index (κ3) is 4.96. The first-order valence-corrected chi connectivity index (χ1v) is 9.39. The van der Waals surface area contributed by atoms with E-state index in [2.05, 4.69) is 22.1 Å². The van der Waals surface area contributed by atoms with Crippen molar-refractivity contribution < 1.29 is 14.3 Å². The van der Waals surface area contributed by atoms with E-state index in [0.29, 0.717) is 11.6 Å². The summed E-state index contributed by atoms with van der Waals surface area (Å²) in [6.45, 7) is 3.42. The van der Waals surface area contributed by atoms with Crippen molar-refractivity contribution in [2.24, 2.45) is 5.92 Å². The second-order valence-electron chi connectivity index (χ2n) is 7.04. The van der Waals surface area contributed by atoms with Crippen LogP contribution in [0.2, 0.25) is 0 Å². The molecule has 27 heavy (non-hydrogen) atoms. The molecule has 0 radical (unpaired) electrons. The predicted molar refractivity (Wildman–Crippen MR) is 103 cm³/mol. The van der Waals surface area contributed by atoms with Crippen molar-refractivity contribution in [1.29, 1.82) is 0 Å². The Hall–Kier alpha value is -2.63. The van der Waals surface area contributed by atoms with Gasteiger partial charge in [0.2, 0.25) is 0 Å². The Morgan fingerprint density at radius 3 is 2.30 bits per heavy atom.